The molecule has 4 rings (SSSR count). The van der Waals surface area contributed by atoms with Gasteiger partial charge in [-0.05, 0) is 12.5 Å². The van der Waals surface area contributed by atoms with Gasteiger partial charge in [0.1, 0.15) is 5.01 Å². The molecule has 0 saturated carbocycles. The molecule has 0 aliphatic heterocycles. The zero-order valence-corrected chi connectivity index (χ0v) is 17.9. The molecule has 150 valence electrons. The van der Waals surface area contributed by atoms with E-state index in [9.17, 15) is 4.79 Å². The Balaban J connectivity index is 1.55. The highest BCUT2D eigenvalue weighted by atomic mass is 32.2. The minimum atomic E-state index is -0.159. The van der Waals surface area contributed by atoms with Gasteiger partial charge in [0.05, 0.1) is 17.1 Å². The number of amides is 1. The minimum absolute atomic E-state index is 0.159. The molecule has 4 aromatic rings. The van der Waals surface area contributed by atoms with Crippen molar-refractivity contribution in [3.63, 3.8) is 0 Å². The summed E-state index contributed by atoms with van der Waals surface area (Å²) in [5, 5.41) is 12.8. The number of aryl methyl sites for hydroxylation is 1. The van der Waals surface area contributed by atoms with Crippen LogP contribution in [0.15, 0.2) is 71.9 Å². The molecular formula is C22H19N5OS2. The maximum atomic E-state index is 12.3. The number of aromatic nitrogens is 4. The van der Waals surface area contributed by atoms with Crippen LogP contribution in [-0.4, -0.2) is 31.8 Å². The summed E-state index contributed by atoms with van der Waals surface area (Å²) in [6.45, 7) is 2.00. The molecule has 0 fully saturated rings. The molecule has 0 aliphatic carbocycles. The Morgan fingerprint density at radius 2 is 1.53 bits per heavy atom. The number of carbonyl (C=O) groups excluding carboxylic acids is 1. The van der Waals surface area contributed by atoms with Crippen LogP contribution in [-0.2, 0) is 11.2 Å². The first-order chi connectivity index (χ1) is 14.7. The Bertz CT molecular complexity index is 1080. The van der Waals surface area contributed by atoms with Crippen molar-refractivity contribution in [1.82, 2.24) is 20.2 Å². The normalized spacial score (nSPS) is 10.7. The lowest BCUT2D eigenvalue weighted by Gasteiger charge is -2.08. The number of nitrogens with zero attached hydrogens (tertiary/aromatic N) is 4. The fourth-order valence-electron chi connectivity index (χ4n) is 2.74. The predicted molar refractivity (Wildman–Crippen MR) is 122 cm³/mol. The summed E-state index contributed by atoms with van der Waals surface area (Å²) in [6.07, 6.45) is 0.796. The zero-order chi connectivity index (χ0) is 20.8. The molecule has 0 aliphatic rings. The van der Waals surface area contributed by atoms with Gasteiger partial charge in [0.2, 0.25) is 11.0 Å². The van der Waals surface area contributed by atoms with Crippen LogP contribution in [0.2, 0.25) is 0 Å². The Labute approximate surface area is 182 Å². The van der Waals surface area contributed by atoms with Crippen molar-refractivity contribution in [2.24, 2.45) is 0 Å². The van der Waals surface area contributed by atoms with Gasteiger partial charge in [-0.2, -0.15) is 0 Å². The van der Waals surface area contributed by atoms with Crippen LogP contribution < -0.4 is 5.32 Å². The number of nitrogens with one attached hydrogen (secondary N) is 1. The number of carbonyl (C=O) groups is 1. The van der Waals surface area contributed by atoms with E-state index >= 15 is 0 Å². The van der Waals surface area contributed by atoms with E-state index in [4.69, 9.17) is 0 Å². The molecule has 2 heterocycles. The van der Waals surface area contributed by atoms with Crippen molar-refractivity contribution < 1.29 is 4.79 Å². The van der Waals surface area contributed by atoms with Crippen LogP contribution in [0.5, 0.6) is 0 Å². The maximum absolute atomic E-state index is 12.3. The smallest absolute Gasteiger partial charge is 0.236 e. The van der Waals surface area contributed by atoms with Gasteiger partial charge in [0, 0.05) is 11.1 Å². The summed E-state index contributed by atoms with van der Waals surface area (Å²) in [7, 11) is 0. The van der Waals surface area contributed by atoms with Gasteiger partial charge in [-0.1, -0.05) is 90.7 Å². The second kappa shape index (κ2) is 9.60. The first kappa shape index (κ1) is 20.2. The third kappa shape index (κ3) is 5.08. The van der Waals surface area contributed by atoms with Crippen molar-refractivity contribution in [2.45, 2.75) is 18.5 Å². The van der Waals surface area contributed by atoms with Crippen LogP contribution in [0.1, 0.15) is 11.9 Å². The van der Waals surface area contributed by atoms with Crippen molar-refractivity contribution >= 4 is 34.1 Å². The molecule has 0 radical (unpaired) electrons. The molecule has 8 heteroatoms. The van der Waals surface area contributed by atoms with Gasteiger partial charge >= 0.3 is 0 Å². The monoisotopic (exact) mass is 433 g/mol. The van der Waals surface area contributed by atoms with Gasteiger partial charge in [-0.3, -0.25) is 10.1 Å². The van der Waals surface area contributed by atoms with Crippen LogP contribution in [0.4, 0.5) is 5.13 Å². The van der Waals surface area contributed by atoms with E-state index in [-0.39, 0.29) is 11.7 Å². The highest BCUT2D eigenvalue weighted by Crippen LogP contribution is 2.27. The number of benzene rings is 2. The lowest BCUT2D eigenvalue weighted by atomic mass is 10.1. The molecule has 0 atom stereocenters. The molecule has 0 unspecified atom stereocenters. The van der Waals surface area contributed by atoms with Gasteiger partial charge in [-0.15, -0.1) is 10.2 Å². The van der Waals surface area contributed by atoms with Crippen molar-refractivity contribution in [2.75, 3.05) is 11.1 Å². The Kier molecular flexibility index (Phi) is 6.46. The molecular weight excluding hydrogens is 414 g/mol. The molecule has 0 saturated heterocycles. The highest BCUT2D eigenvalue weighted by molar-refractivity contribution is 7.99. The summed E-state index contributed by atoms with van der Waals surface area (Å²) in [5.41, 5.74) is 3.65. The molecule has 1 N–H and O–H groups in total. The third-order valence-corrected chi connectivity index (χ3v) is 6.02. The topological polar surface area (TPSA) is 80.7 Å². The van der Waals surface area contributed by atoms with Crippen LogP contribution in [0, 0.1) is 0 Å². The van der Waals surface area contributed by atoms with E-state index in [0.717, 1.165) is 33.9 Å². The van der Waals surface area contributed by atoms with Crippen molar-refractivity contribution in [3.8, 4) is 22.5 Å². The maximum Gasteiger partial charge on any atom is 0.236 e. The number of hydrogen-bond donors (Lipinski definition) is 1. The number of hydrogen-bond acceptors (Lipinski definition) is 7. The zero-order valence-electron chi connectivity index (χ0n) is 16.3. The van der Waals surface area contributed by atoms with E-state index < -0.39 is 0 Å². The second-order valence-corrected chi connectivity index (χ2v) is 8.35. The van der Waals surface area contributed by atoms with Crippen LogP contribution >= 0.6 is 23.1 Å². The molecule has 2 aromatic heterocycles. The SMILES string of the molecule is CCc1nnc(NC(=O)CSc2nc(-c3ccccc3)cc(-c3ccccc3)n2)s1. The van der Waals surface area contributed by atoms with Gasteiger partial charge in [0.15, 0.2) is 5.16 Å². The summed E-state index contributed by atoms with van der Waals surface area (Å²) < 4.78 is 0. The van der Waals surface area contributed by atoms with Crippen LogP contribution in [0.25, 0.3) is 22.5 Å². The Hall–Kier alpha value is -3.10. The largest absolute Gasteiger partial charge is 0.300 e. The highest BCUT2D eigenvalue weighted by Gasteiger charge is 2.12. The number of thioether (sulfide) groups is 1. The second-order valence-electron chi connectivity index (χ2n) is 6.34. The van der Waals surface area contributed by atoms with Gasteiger partial charge in [-0.25, -0.2) is 9.97 Å². The average molecular weight is 434 g/mol. The summed E-state index contributed by atoms with van der Waals surface area (Å²) in [6, 6.07) is 21.9. The molecule has 2 aromatic carbocycles. The summed E-state index contributed by atoms with van der Waals surface area (Å²) in [4.78, 5) is 21.7. The van der Waals surface area contributed by atoms with E-state index in [1.165, 1.54) is 23.1 Å². The quantitative estimate of drug-likeness (QED) is 0.328. The summed E-state index contributed by atoms with van der Waals surface area (Å²) in [5.74, 6) is 0.0295. The predicted octanol–water partition coefficient (Wildman–Crippen LogP) is 4.96. The Morgan fingerprint density at radius 1 is 0.933 bits per heavy atom. The Morgan fingerprint density at radius 3 is 2.07 bits per heavy atom. The standard InChI is InChI=1S/C22H19N5OS2/c1-2-20-26-27-22(30-20)25-19(28)14-29-21-23-17(15-9-5-3-6-10-15)13-18(24-21)16-11-7-4-8-12-16/h3-13H,2,14H2,1H3,(H,25,27,28). The molecule has 0 spiro atoms. The molecule has 1 amide bonds. The first-order valence-electron chi connectivity index (χ1n) is 9.46. The van der Waals surface area contributed by atoms with E-state index in [0.29, 0.717) is 10.3 Å². The van der Waals surface area contributed by atoms with Crippen molar-refractivity contribution in [3.05, 3.63) is 71.7 Å². The number of anilines is 1. The van der Waals surface area contributed by atoms with Gasteiger partial charge in [0.25, 0.3) is 0 Å². The molecule has 30 heavy (non-hydrogen) atoms. The molecule has 0 bridgehead atoms. The van der Waals surface area contributed by atoms with E-state index in [1.54, 1.807) is 0 Å². The van der Waals surface area contributed by atoms with Gasteiger partial charge < -0.3 is 0 Å². The lowest BCUT2D eigenvalue weighted by molar-refractivity contribution is -0.113. The van der Waals surface area contributed by atoms with Crippen molar-refractivity contribution in [1.29, 1.82) is 0 Å². The van der Waals surface area contributed by atoms with Crippen LogP contribution in [0.3, 0.4) is 0 Å². The van der Waals surface area contributed by atoms with E-state index in [2.05, 4.69) is 25.5 Å². The van der Waals surface area contributed by atoms with E-state index in [1.807, 2.05) is 73.7 Å². The first-order valence-corrected chi connectivity index (χ1v) is 11.3. The fraction of sp³-hybridized carbons (Fsp3) is 0.136. The number of rotatable bonds is 7. The lowest BCUT2D eigenvalue weighted by Crippen LogP contribution is -2.14. The fourth-order valence-corrected chi connectivity index (χ4v) is 4.09. The third-order valence-electron chi connectivity index (χ3n) is 4.19. The minimum Gasteiger partial charge on any atom is -0.300 e. The summed E-state index contributed by atoms with van der Waals surface area (Å²) >= 11 is 2.69. The molecule has 6 nitrogen and oxygen atoms in total. The average Bonchev–Trinajstić information content (AvgIpc) is 3.26.